The molecule has 0 aliphatic heterocycles. The van der Waals surface area contributed by atoms with Gasteiger partial charge in [-0.05, 0) is 35.4 Å². The summed E-state index contributed by atoms with van der Waals surface area (Å²) in [7, 11) is -3.54. The van der Waals surface area contributed by atoms with E-state index in [1.807, 2.05) is 23.8 Å². The molecule has 5 nitrogen and oxygen atoms in total. The summed E-state index contributed by atoms with van der Waals surface area (Å²) in [5, 5.41) is 13.0. The third-order valence-corrected chi connectivity index (χ3v) is 4.92. The number of aromatic nitrogens is 1. The molecule has 0 aliphatic carbocycles. The Balaban J connectivity index is 2.17. The van der Waals surface area contributed by atoms with Crippen LogP contribution in [0.1, 0.15) is 18.2 Å². The summed E-state index contributed by atoms with van der Waals surface area (Å²) in [5.74, 6) is 0. The van der Waals surface area contributed by atoms with Crippen LogP contribution >= 0.6 is 11.3 Å². The Labute approximate surface area is 116 Å². The van der Waals surface area contributed by atoms with Crippen molar-refractivity contribution in [1.82, 2.24) is 9.29 Å². The summed E-state index contributed by atoms with van der Waals surface area (Å²) < 4.78 is 28.5. The number of sulfonamides is 1. The smallest absolute Gasteiger partial charge is 0.242 e. The van der Waals surface area contributed by atoms with Crippen molar-refractivity contribution in [3.63, 3.8) is 0 Å². The Bertz CT molecular complexity index is 608. The van der Waals surface area contributed by atoms with Gasteiger partial charge in [0.05, 0.1) is 11.5 Å². The van der Waals surface area contributed by atoms with E-state index in [9.17, 15) is 13.5 Å². The number of nitrogens with one attached hydrogen (secondary N) is 1. The molecule has 0 spiro atoms. The maximum absolute atomic E-state index is 12.1. The molecule has 2 heterocycles. The zero-order valence-corrected chi connectivity index (χ0v) is 12.2. The van der Waals surface area contributed by atoms with Gasteiger partial charge in [-0.25, -0.2) is 13.1 Å². The first-order valence-corrected chi connectivity index (χ1v) is 8.30. The van der Waals surface area contributed by atoms with Gasteiger partial charge in [0.1, 0.15) is 0 Å². The van der Waals surface area contributed by atoms with Crippen LogP contribution in [-0.2, 0) is 29.7 Å². The fourth-order valence-electron chi connectivity index (χ4n) is 1.75. The third kappa shape index (κ3) is 3.24. The summed E-state index contributed by atoms with van der Waals surface area (Å²) in [4.78, 5) is 0.189. The van der Waals surface area contributed by atoms with Crippen LogP contribution in [-0.4, -0.2) is 18.1 Å². The lowest BCUT2D eigenvalue weighted by atomic mass is 10.4. The molecule has 2 N–H and O–H groups in total. The summed E-state index contributed by atoms with van der Waals surface area (Å²) in [5.41, 5.74) is 1.53. The average molecular weight is 300 g/mol. The fourth-order valence-corrected chi connectivity index (χ4v) is 3.50. The highest BCUT2D eigenvalue weighted by atomic mass is 32.2. The van der Waals surface area contributed by atoms with Crippen molar-refractivity contribution >= 4 is 21.4 Å². The summed E-state index contributed by atoms with van der Waals surface area (Å²) in [6.07, 6.45) is 1.54. The molecule has 0 unspecified atom stereocenters. The molecule has 2 aromatic heterocycles. The number of nitrogens with zero attached hydrogens (tertiary/aromatic N) is 1. The molecule has 0 bridgehead atoms. The zero-order valence-electron chi connectivity index (χ0n) is 10.5. The molecule has 2 aromatic rings. The minimum atomic E-state index is -3.54. The fraction of sp³-hybridized carbons (Fsp3) is 0.333. The Kier molecular flexibility index (Phi) is 4.41. The van der Waals surface area contributed by atoms with E-state index >= 15 is 0 Å². The first-order chi connectivity index (χ1) is 9.06. The van der Waals surface area contributed by atoms with Gasteiger partial charge in [-0.3, -0.25) is 0 Å². The molecular weight excluding hydrogens is 284 g/mol. The van der Waals surface area contributed by atoms with Crippen LogP contribution in [0.5, 0.6) is 0 Å². The Morgan fingerprint density at radius 2 is 2.26 bits per heavy atom. The zero-order chi connectivity index (χ0) is 13.9. The van der Waals surface area contributed by atoms with Crippen LogP contribution in [0, 0.1) is 0 Å². The lowest BCUT2D eigenvalue weighted by Crippen LogP contribution is -2.22. The molecule has 7 heteroatoms. The average Bonchev–Trinajstić information content (AvgIpc) is 3.05. The van der Waals surface area contributed by atoms with Crippen LogP contribution in [0.25, 0.3) is 0 Å². The predicted molar refractivity (Wildman–Crippen MR) is 74.4 cm³/mol. The minimum absolute atomic E-state index is 0.173. The Hall–Kier alpha value is -1.15. The largest absolute Gasteiger partial charge is 0.390 e. The number of hydrogen-bond acceptors (Lipinski definition) is 4. The molecule has 0 fully saturated rings. The maximum atomic E-state index is 12.1. The normalized spacial score (nSPS) is 11.9. The molecule has 0 radical (unpaired) electrons. The highest BCUT2D eigenvalue weighted by Gasteiger charge is 2.17. The second-order valence-electron chi connectivity index (χ2n) is 4.07. The van der Waals surface area contributed by atoms with Gasteiger partial charge in [-0.15, -0.1) is 0 Å². The number of aryl methyl sites for hydroxylation is 1. The number of thiophene rings is 1. The quantitative estimate of drug-likeness (QED) is 0.850. The van der Waals surface area contributed by atoms with Crippen molar-refractivity contribution in [2.24, 2.45) is 0 Å². The molecule has 2 rings (SSSR count). The lowest BCUT2D eigenvalue weighted by molar-refractivity contribution is 0.271. The highest BCUT2D eigenvalue weighted by molar-refractivity contribution is 7.89. The van der Waals surface area contributed by atoms with Gasteiger partial charge in [0, 0.05) is 25.0 Å². The van der Waals surface area contributed by atoms with Gasteiger partial charge in [-0.1, -0.05) is 0 Å². The number of hydrogen-bond donors (Lipinski definition) is 2. The van der Waals surface area contributed by atoms with Crippen molar-refractivity contribution in [2.75, 3.05) is 0 Å². The van der Waals surface area contributed by atoms with Gasteiger partial charge in [0.25, 0.3) is 0 Å². The van der Waals surface area contributed by atoms with E-state index in [-0.39, 0.29) is 18.0 Å². The molecule has 0 saturated heterocycles. The van der Waals surface area contributed by atoms with Crippen LogP contribution < -0.4 is 4.72 Å². The van der Waals surface area contributed by atoms with Crippen molar-refractivity contribution in [3.05, 3.63) is 40.3 Å². The monoisotopic (exact) mass is 300 g/mol. The van der Waals surface area contributed by atoms with Crippen molar-refractivity contribution in [1.29, 1.82) is 0 Å². The van der Waals surface area contributed by atoms with Gasteiger partial charge in [-0.2, -0.15) is 11.3 Å². The first-order valence-electron chi connectivity index (χ1n) is 5.87. The summed E-state index contributed by atoms with van der Waals surface area (Å²) >= 11 is 1.53. The van der Waals surface area contributed by atoms with Crippen molar-refractivity contribution in [3.8, 4) is 0 Å². The predicted octanol–water partition coefficient (Wildman–Crippen LogP) is 1.54. The Morgan fingerprint density at radius 1 is 1.47 bits per heavy atom. The number of aliphatic hydroxyl groups excluding tert-OH is 1. The van der Waals surface area contributed by atoms with E-state index in [0.29, 0.717) is 12.2 Å². The standard InChI is InChI=1S/C12H16N2O3S2/c1-2-14-7-12(5-11(14)8-15)19(16,17)13-6-10-3-4-18-9-10/h3-5,7,9,13,15H,2,6,8H2,1H3. The van der Waals surface area contributed by atoms with Crippen LogP contribution in [0.3, 0.4) is 0 Å². The summed E-state index contributed by atoms with van der Waals surface area (Å²) in [6, 6.07) is 3.38. The molecule has 19 heavy (non-hydrogen) atoms. The molecule has 0 aromatic carbocycles. The minimum Gasteiger partial charge on any atom is -0.390 e. The van der Waals surface area contributed by atoms with E-state index < -0.39 is 10.0 Å². The maximum Gasteiger partial charge on any atom is 0.242 e. The van der Waals surface area contributed by atoms with Crippen LogP contribution in [0.4, 0.5) is 0 Å². The van der Waals surface area contributed by atoms with Crippen molar-refractivity contribution < 1.29 is 13.5 Å². The van der Waals surface area contributed by atoms with Crippen LogP contribution in [0.2, 0.25) is 0 Å². The van der Waals surface area contributed by atoms with Crippen molar-refractivity contribution in [2.45, 2.75) is 31.5 Å². The highest BCUT2D eigenvalue weighted by Crippen LogP contribution is 2.15. The Morgan fingerprint density at radius 3 is 2.79 bits per heavy atom. The van der Waals surface area contributed by atoms with Gasteiger partial charge in [0.15, 0.2) is 0 Å². The summed E-state index contributed by atoms with van der Waals surface area (Å²) in [6.45, 7) is 2.62. The SMILES string of the molecule is CCn1cc(S(=O)(=O)NCc2ccsc2)cc1CO. The van der Waals surface area contributed by atoms with Gasteiger partial charge in [0.2, 0.25) is 10.0 Å². The van der Waals surface area contributed by atoms with E-state index in [2.05, 4.69) is 4.72 Å². The number of aliphatic hydroxyl groups is 1. The topological polar surface area (TPSA) is 71.3 Å². The van der Waals surface area contributed by atoms with E-state index in [1.165, 1.54) is 17.4 Å². The van der Waals surface area contributed by atoms with E-state index in [0.717, 1.165) is 5.56 Å². The van der Waals surface area contributed by atoms with Gasteiger partial charge < -0.3 is 9.67 Å². The molecule has 104 valence electrons. The second-order valence-corrected chi connectivity index (χ2v) is 6.61. The molecule has 0 aliphatic rings. The number of rotatable bonds is 6. The van der Waals surface area contributed by atoms with E-state index in [4.69, 9.17) is 0 Å². The third-order valence-electron chi connectivity index (χ3n) is 2.82. The molecular formula is C12H16N2O3S2. The van der Waals surface area contributed by atoms with E-state index in [1.54, 1.807) is 10.8 Å². The molecule has 0 amide bonds. The second kappa shape index (κ2) is 5.87. The van der Waals surface area contributed by atoms with Gasteiger partial charge >= 0.3 is 0 Å². The molecule has 0 saturated carbocycles. The first kappa shape index (κ1) is 14.3. The molecule has 0 atom stereocenters. The lowest BCUT2D eigenvalue weighted by Gasteiger charge is -2.03. The van der Waals surface area contributed by atoms with Crippen LogP contribution in [0.15, 0.2) is 34.0 Å².